The van der Waals surface area contributed by atoms with Gasteiger partial charge in [0.15, 0.2) is 0 Å². The fraction of sp³-hybridized carbons (Fsp3) is 0.310. The lowest BCUT2D eigenvalue weighted by molar-refractivity contribution is 0.0720. The van der Waals surface area contributed by atoms with Crippen LogP contribution in [0.15, 0.2) is 146 Å². The van der Waals surface area contributed by atoms with Gasteiger partial charge in [0.05, 0.1) is 35.5 Å². The van der Waals surface area contributed by atoms with Crippen LogP contribution < -0.4 is 28.4 Å². The number of carbonyl (C=O) groups is 4. The second-order valence-corrected chi connectivity index (χ2v) is 17.4. The minimum Gasteiger partial charge on any atom is -0.494 e. The van der Waals surface area contributed by atoms with Gasteiger partial charge in [0.25, 0.3) is 0 Å². The highest BCUT2D eigenvalue weighted by Gasteiger charge is 2.16. The molecule has 0 bridgehead atoms. The fourth-order valence-electron chi connectivity index (χ4n) is 7.28. The van der Waals surface area contributed by atoms with Gasteiger partial charge in [0, 0.05) is 0 Å². The van der Waals surface area contributed by atoms with E-state index in [1.54, 1.807) is 91.0 Å². The summed E-state index contributed by atoms with van der Waals surface area (Å²) >= 11 is 0. The Balaban J connectivity index is 0.922. The first-order valence-corrected chi connectivity index (χ1v) is 23.8. The predicted octanol–water partition coefficient (Wildman–Crippen LogP) is 14.2. The van der Waals surface area contributed by atoms with E-state index in [1.165, 1.54) is 93.5 Å². The van der Waals surface area contributed by atoms with E-state index in [0.717, 1.165) is 42.1 Å². The largest absolute Gasteiger partial charge is 0.494 e. The SMILES string of the molecule is CCCCCCCCOc1ccc(C(=O)Oc2ccc(C(=O)Oc3ccc(-c4cccc(C(=O)Oc5ccc(C(=O)Oc6ccc(OCC[C@H](C)CCCC(C)C)cc6)cc5)c4)cc3)cc2)cc1. The Morgan fingerprint density at radius 3 is 1.29 bits per heavy atom. The van der Waals surface area contributed by atoms with Gasteiger partial charge in [-0.25, -0.2) is 19.2 Å². The Morgan fingerprint density at radius 2 is 0.794 bits per heavy atom. The van der Waals surface area contributed by atoms with E-state index >= 15 is 0 Å². The van der Waals surface area contributed by atoms with Crippen LogP contribution in [0.3, 0.4) is 0 Å². The highest BCUT2D eigenvalue weighted by Crippen LogP contribution is 2.27. The lowest BCUT2D eigenvalue weighted by Crippen LogP contribution is -2.10. The second-order valence-electron chi connectivity index (χ2n) is 17.4. The molecule has 0 spiro atoms. The highest BCUT2D eigenvalue weighted by atomic mass is 16.5. The molecule has 0 radical (unpaired) electrons. The van der Waals surface area contributed by atoms with Gasteiger partial charge in [-0.15, -0.1) is 0 Å². The Hall–Kier alpha value is -7.20. The minimum absolute atomic E-state index is 0.264. The molecule has 0 saturated carbocycles. The van der Waals surface area contributed by atoms with Gasteiger partial charge in [-0.3, -0.25) is 0 Å². The van der Waals surface area contributed by atoms with Gasteiger partial charge in [-0.1, -0.05) is 103 Å². The molecule has 0 aliphatic rings. The third kappa shape index (κ3) is 16.3. The molecule has 0 aliphatic heterocycles. The summed E-state index contributed by atoms with van der Waals surface area (Å²) in [7, 11) is 0. The van der Waals surface area contributed by atoms with Crippen LogP contribution in [-0.2, 0) is 0 Å². The maximum Gasteiger partial charge on any atom is 0.343 e. The van der Waals surface area contributed by atoms with Gasteiger partial charge < -0.3 is 28.4 Å². The number of benzene rings is 6. The lowest BCUT2D eigenvalue weighted by Gasteiger charge is -2.13. The standard InChI is InChI=1S/C58H62O10/c1-5-6-7-8-9-10-38-63-49-25-19-44(20-26-49)55(59)66-52-29-21-45(22-30-52)56(60)65-51-27-17-43(18-28-51)47-15-12-16-48(40-47)58(62)68-53-31-23-46(24-32-53)57(61)67-54-35-33-50(34-36-54)64-39-37-42(4)14-11-13-41(2)3/h12,15-36,40-42H,5-11,13-14,37-39H2,1-4H3/t42-/m1/s1. The summed E-state index contributed by atoms with van der Waals surface area (Å²) in [6.45, 7) is 10.2. The third-order valence-electron chi connectivity index (χ3n) is 11.3. The molecule has 0 N–H and O–H groups in total. The second kappa shape index (κ2) is 26.2. The maximum atomic E-state index is 13.2. The molecular formula is C58H62O10. The summed E-state index contributed by atoms with van der Waals surface area (Å²) in [6, 6.07) is 39.9. The van der Waals surface area contributed by atoms with Crippen molar-refractivity contribution in [1.82, 2.24) is 0 Å². The molecule has 354 valence electrons. The molecule has 10 nitrogen and oxygen atoms in total. The summed E-state index contributed by atoms with van der Waals surface area (Å²) in [6.07, 6.45) is 11.8. The lowest BCUT2D eigenvalue weighted by atomic mass is 9.98. The fourth-order valence-corrected chi connectivity index (χ4v) is 7.28. The van der Waals surface area contributed by atoms with Crippen molar-refractivity contribution in [2.24, 2.45) is 11.8 Å². The van der Waals surface area contributed by atoms with Crippen molar-refractivity contribution < 1.29 is 47.6 Å². The van der Waals surface area contributed by atoms with Crippen molar-refractivity contribution in [1.29, 1.82) is 0 Å². The number of ether oxygens (including phenoxy) is 6. The molecule has 68 heavy (non-hydrogen) atoms. The Morgan fingerprint density at radius 1 is 0.382 bits per heavy atom. The van der Waals surface area contributed by atoms with E-state index in [9.17, 15) is 19.2 Å². The van der Waals surface area contributed by atoms with Gasteiger partial charge in [0.2, 0.25) is 0 Å². The first-order valence-electron chi connectivity index (χ1n) is 23.8. The van der Waals surface area contributed by atoms with Gasteiger partial charge in [-0.2, -0.15) is 0 Å². The molecule has 10 heteroatoms. The Bertz CT molecular complexity index is 2510. The van der Waals surface area contributed by atoms with Gasteiger partial charge in [0.1, 0.15) is 34.5 Å². The number of unbranched alkanes of at least 4 members (excludes halogenated alkanes) is 5. The van der Waals surface area contributed by atoms with Crippen LogP contribution >= 0.6 is 0 Å². The van der Waals surface area contributed by atoms with Crippen molar-refractivity contribution in [3.05, 3.63) is 168 Å². The predicted molar refractivity (Wildman–Crippen MR) is 264 cm³/mol. The molecule has 0 unspecified atom stereocenters. The zero-order chi connectivity index (χ0) is 48.1. The van der Waals surface area contributed by atoms with Crippen LogP contribution in [-0.4, -0.2) is 37.1 Å². The van der Waals surface area contributed by atoms with E-state index in [0.29, 0.717) is 53.1 Å². The van der Waals surface area contributed by atoms with E-state index < -0.39 is 23.9 Å². The normalized spacial score (nSPS) is 11.4. The zero-order valence-electron chi connectivity index (χ0n) is 39.6. The van der Waals surface area contributed by atoms with E-state index in [2.05, 4.69) is 27.7 Å². The smallest absolute Gasteiger partial charge is 0.343 e. The molecule has 6 aromatic carbocycles. The minimum atomic E-state index is -0.583. The van der Waals surface area contributed by atoms with Crippen LogP contribution in [0.4, 0.5) is 0 Å². The number of hydrogen-bond donors (Lipinski definition) is 0. The average molecular weight is 919 g/mol. The molecule has 0 amide bonds. The topological polar surface area (TPSA) is 124 Å². The van der Waals surface area contributed by atoms with Crippen LogP contribution in [0.5, 0.6) is 34.5 Å². The molecule has 0 aliphatic carbocycles. The molecule has 0 heterocycles. The van der Waals surface area contributed by atoms with E-state index in [4.69, 9.17) is 28.4 Å². The molecule has 0 saturated heterocycles. The maximum absolute atomic E-state index is 13.2. The molecule has 1 atom stereocenters. The number of carbonyl (C=O) groups excluding carboxylic acids is 4. The van der Waals surface area contributed by atoms with E-state index in [-0.39, 0.29) is 17.1 Å². The molecule has 0 aromatic heterocycles. The first kappa shape index (κ1) is 50.2. The summed E-state index contributed by atoms with van der Waals surface area (Å²) in [5.41, 5.74) is 2.80. The quantitative estimate of drug-likeness (QED) is 0.0311. The number of esters is 4. The van der Waals surface area contributed by atoms with Crippen LogP contribution in [0.2, 0.25) is 0 Å². The van der Waals surface area contributed by atoms with Crippen molar-refractivity contribution >= 4 is 23.9 Å². The Kier molecular flexibility index (Phi) is 19.4. The molecule has 0 fully saturated rings. The summed E-state index contributed by atoms with van der Waals surface area (Å²) in [4.78, 5) is 51.8. The molecule has 6 rings (SSSR count). The monoisotopic (exact) mass is 918 g/mol. The van der Waals surface area contributed by atoms with Crippen molar-refractivity contribution in [3.63, 3.8) is 0 Å². The van der Waals surface area contributed by atoms with Gasteiger partial charge >= 0.3 is 23.9 Å². The Labute approximate surface area is 400 Å². The average Bonchev–Trinajstić information content (AvgIpc) is 3.35. The van der Waals surface area contributed by atoms with E-state index in [1.807, 2.05) is 6.07 Å². The molecule has 6 aromatic rings. The third-order valence-corrected chi connectivity index (χ3v) is 11.3. The zero-order valence-corrected chi connectivity index (χ0v) is 39.6. The number of rotatable bonds is 25. The summed E-state index contributed by atoms with van der Waals surface area (Å²) in [5.74, 6) is 1.79. The van der Waals surface area contributed by atoms with Crippen LogP contribution in [0.25, 0.3) is 11.1 Å². The van der Waals surface area contributed by atoms with Crippen molar-refractivity contribution in [2.45, 2.75) is 91.9 Å². The summed E-state index contributed by atoms with van der Waals surface area (Å²) < 4.78 is 34.0. The van der Waals surface area contributed by atoms with Crippen LogP contribution in [0, 0.1) is 11.8 Å². The first-order chi connectivity index (χ1) is 33.0. The van der Waals surface area contributed by atoms with Crippen molar-refractivity contribution in [2.75, 3.05) is 13.2 Å². The number of hydrogen-bond acceptors (Lipinski definition) is 10. The van der Waals surface area contributed by atoms with Gasteiger partial charge in [-0.05, 0) is 157 Å². The highest BCUT2D eigenvalue weighted by molar-refractivity contribution is 5.94. The van der Waals surface area contributed by atoms with Crippen molar-refractivity contribution in [3.8, 4) is 45.6 Å². The summed E-state index contributed by atoms with van der Waals surface area (Å²) in [5, 5.41) is 0. The van der Waals surface area contributed by atoms with Crippen LogP contribution in [0.1, 0.15) is 133 Å². The molecular weight excluding hydrogens is 857 g/mol.